The molecule has 1 aliphatic rings. The Bertz CT molecular complexity index is 669. The number of alkyl halides is 3. The van der Waals surface area contributed by atoms with Crippen LogP contribution in [-0.2, 0) is 20.8 Å². The lowest BCUT2D eigenvalue weighted by Gasteiger charge is -2.08. The van der Waals surface area contributed by atoms with Crippen molar-refractivity contribution in [3.8, 4) is 0 Å². The molecule has 1 aromatic rings. The Morgan fingerprint density at radius 2 is 1.83 bits per heavy atom. The molecule has 1 aliphatic heterocycles. The van der Waals surface area contributed by atoms with Crippen molar-refractivity contribution in [3.05, 3.63) is 34.7 Å². The molecule has 0 atom stereocenters. The summed E-state index contributed by atoms with van der Waals surface area (Å²) in [5, 5.41) is 0.708. The van der Waals surface area contributed by atoms with Crippen LogP contribution < -0.4 is 0 Å². The van der Waals surface area contributed by atoms with Crippen LogP contribution >= 0.6 is 0 Å². The van der Waals surface area contributed by atoms with E-state index in [-0.39, 0.29) is 11.1 Å². The molecule has 7 heteroatoms. The van der Waals surface area contributed by atoms with Crippen LogP contribution in [-0.4, -0.2) is 14.2 Å². The fraction of sp³-hybridized carbons (Fsp3) is 0.182. The predicted octanol–water partition coefficient (Wildman–Crippen LogP) is 2.42. The number of hydrogen-bond donors (Lipinski definition) is 0. The van der Waals surface area contributed by atoms with E-state index in [1.807, 2.05) is 0 Å². The molecule has 0 spiro atoms. The minimum absolute atomic E-state index is 0.0236. The van der Waals surface area contributed by atoms with Crippen molar-refractivity contribution in [2.75, 3.05) is 0 Å². The maximum absolute atomic E-state index is 12.5. The first-order chi connectivity index (χ1) is 8.13. The summed E-state index contributed by atoms with van der Waals surface area (Å²) in [6, 6.07) is 2.32. The maximum Gasteiger partial charge on any atom is 0.416 e. The highest BCUT2D eigenvalue weighted by molar-refractivity contribution is 7.95. The highest BCUT2D eigenvalue weighted by Crippen LogP contribution is 2.38. The maximum atomic E-state index is 12.5. The highest BCUT2D eigenvalue weighted by Gasteiger charge is 2.35. The predicted molar refractivity (Wildman–Crippen MR) is 57.3 cm³/mol. The number of carbonyl (C=O) groups is 1. The van der Waals surface area contributed by atoms with E-state index >= 15 is 0 Å². The van der Waals surface area contributed by atoms with Gasteiger partial charge < -0.3 is 0 Å². The topological polar surface area (TPSA) is 51.2 Å². The lowest BCUT2D eigenvalue weighted by Crippen LogP contribution is -2.07. The van der Waals surface area contributed by atoms with Gasteiger partial charge in [-0.2, -0.15) is 13.2 Å². The van der Waals surface area contributed by atoms with Crippen LogP contribution in [0.15, 0.2) is 28.5 Å². The molecule has 0 radical (unpaired) electrons. The molecule has 1 heterocycles. The number of benzene rings is 1. The van der Waals surface area contributed by atoms with Crippen molar-refractivity contribution in [3.63, 3.8) is 0 Å². The van der Waals surface area contributed by atoms with Crippen molar-refractivity contribution in [1.29, 1.82) is 0 Å². The molecule has 0 aromatic heterocycles. The number of sulfone groups is 1. The first kappa shape index (κ1) is 12.8. The third-order valence-corrected chi connectivity index (χ3v) is 4.05. The first-order valence-electron chi connectivity index (χ1n) is 4.82. The van der Waals surface area contributed by atoms with Crippen LogP contribution in [0.25, 0.3) is 5.57 Å². The molecule has 0 unspecified atom stereocenters. The molecule has 96 valence electrons. The van der Waals surface area contributed by atoms with Crippen LogP contribution in [0.4, 0.5) is 13.2 Å². The zero-order chi connectivity index (χ0) is 13.7. The van der Waals surface area contributed by atoms with Crippen LogP contribution in [0.1, 0.15) is 18.1 Å². The summed E-state index contributed by atoms with van der Waals surface area (Å²) < 4.78 is 60.8. The van der Waals surface area contributed by atoms with E-state index < -0.39 is 32.3 Å². The Balaban J connectivity index is 2.70. The summed E-state index contributed by atoms with van der Waals surface area (Å²) in [6.07, 6.45) is -4.62. The molecule has 0 amide bonds. The largest absolute Gasteiger partial charge is 0.416 e. The molecule has 3 nitrogen and oxygen atoms in total. The van der Waals surface area contributed by atoms with Crippen molar-refractivity contribution in [1.82, 2.24) is 0 Å². The van der Waals surface area contributed by atoms with Gasteiger partial charge in [-0.15, -0.1) is 0 Å². The number of hydrogen-bond acceptors (Lipinski definition) is 3. The molecule has 0 saturated heterocycles. The average molecular weight is 276 g/mol. The molecule has 18 heavy (non-hydrogen) atoms. The number of ketones is 1. The fourth-order valence-corrected chi connectivity index (χ4v) is 3.22. The summed E-state index contributed by atoms with van der Waals surface area (Å²) in [4.78, 5) is 10.8. The molecule has 0 N–H and O–H groups in total. The number of allylic oxidation sites excluding steroid dienone is 1. The summed E-state index contributed by atoms with van der Waals surface area (Å²) in [5.41, 5.74) is -1.11. The second-order valence-corrected chi connectivity index (χ2v) is 5.61. The Morgan fingerprint density at radius 1 is 1.22 bits per heavy atom. The van der Waals surface area contributed by atoms with Crippen LogP contribution in [0.2, 0.25) is 0 Å². The van der Waals surface area contributed by atoms with Gasteiger partial charge >= 0.3 is 6.18 Å². The molecule has 0 aliphatic carbocycles. The number of fused-ring (bicyclic) bond motifs is 1. The monoisotopic (exact) mass is 276 g/mol. The SMILES string of the molecule is CC(=O)C1=CS(=O)(=O)c2cc(C(F)(F)F)ccc21. The van der Waals surface area contributed by atoms with Crippen LogP contribution in [0, 0.1) is 0 Å². The summed E-state index contributed by atoms with van der Waals surface area (Å²) in [7, 11) is -3.97. The molecule has 0 fully saturated rings. The second kappa shape index (κ2) is 3.68. The van der Waals surface area contributed by atoms with Gasteiger partial charge in [0.2, 0.25) is 9.84 Å². The summed E-state index contributed by atoms with van der Waals surface area (Å²) in [6.45, 7) is 1.16. The van der Waals surface area contributed by atoms with Crippen molar-refractivity contribution >= 4 is 21.2 Å². The summed E-state index contributed by atoms with van der Waals surface area (Å²) >= 11 is 0. The third-order valence-electron chi connectivity index (χ3n) is 2.56. The highest BCUT2D eigenvalue weighted by atomic mass is 32.2. The Hall–Kier alpha value is -1.63. The Kier molecular flexibility index (Phi) is 2.62. The Labute approximate surface area is 101 Å². The standard InChI is InChI=1S/C11H7F3O3S/c1-6(15)9-5-18(16,17)10-4-7(11(12,13)14)2-3-8(9)10/h2-5H,1H3. The van der Waals surface area contributed by atoms with Gasteiger partial charge in [0.05, 0.1) is 10.5 Å². The first-order valence-corrected chi connectivity index (χ1v) is 6.37. The normalized spacial score (nSPS) is 17.2. The number of halogens is 3. The van der Waals surface area contributed by atoms with E-state index in [4.69, 9.17) is 0 Å². The smallest absolute Gasteiger partial charge is 0.294 e. The van der Waals surface area contributed by atoms with E-state index in [1.165, 1.54) is 0 Å². The van der Waals surface area contributed by atoms with Gasteiger partial charge in [0.25, 0.3) is 0 Å². The molecule has 1 aromatic carbocycles. The van der Waals surface area contributed by atoms with Gasteiger partial charge in [0.1, 0.15) is 0 Å². The van der Waals surface area contributed by atoms with E-state index in [0.717, 1.165) is 19.1 Å². The zero-order valence-electron chi connectivity index (χ0n) is 9.08. The van der Waals surface area contributed by atoms with Gasteiger partial charge in [-0.05, 0) is 19.1 Å². The van der Waals surface area contributed by atoms with Gasteiger partial charge in [-0.1, -0.05) is 6.07 Å². The van der Waals surface area contributed by atoms with E-state index in [2.05, 4.69) is 0 Å². The van der Waals surface area contributed by atoms with E-state index in [1.54, 1.807) is 0 Å². The molecule has 2 rings (SSSR count). The van der Waals surface area contributed by atoms with Gasteiger partial charge in [-0.25, -0.2) is 8.42 Å². The van der Waals surface area contributed by atoms with Crippen LogP contribution in [0.3, 0.4) is 0 Å². The fourth-order valence-electron chi connectivity index (χ4n) is 1.71. The van der Waals surface area contributed by atoms with Crippen molar-refractivity contribution < 1.29 is 26.4 Å². The zero-order valence-corrected chi connectivity index (χ0v) is 9.89. The molecule has 0 bridgehead atoms. The lowest BCUT2D eigenvalue weighted by molar-refractivity contribution is -0.137. The van der Waals surface area contributed by atoms with Gasteiger partial charge in [0.15, 0.2) is 5.78 Å². The van der Waals surface area contributed by atoms with Gasteiger partial charge in [-0.3, -0.25) is 4.79 Å². The minimum atomic E-state index is -4.62. The van der Waals surface area contributed by atoms with Crippen molar-refractivity contribution in [2.45, 2.75) is 18.0 Å². The number of Topliss-reactive ketones (excluding diaryl/α,β-unsaturated/α-hetero) is 1. The minimum Gasteiger partial charge on any atom is -0.294 e. The Morgan fingerprint density at radius 3 is 2.33 bits per heavy atom. The number of rotatable bonds is 1. The van der Waals surface area contributed by atoms with E-state index in [0.29, 0.717) is 11.5 Å². The van der Waals surface area contributed by atoms with Crippen LogP contribution in [0.5, 0.6) is 0 Å². The van der Waals surface area contributed by atoms with Gasteiger partial charge in [0, 0.05) is 16.5 Å². The third kappa shape index (κ3) is 1.94. The molecule has 0 saturated carbocycles. The second-order valence-electron chi connectivity index (χ2n) is 3.84. The quantitative estimate of drug-likeness (QED) is 0.791. The van der Waals surface area contributed by atoms with E-state index in [9.17, 15) is 26.4 Å². The van der Waals surface area contributed by atoms with Crippen molar-refractivity contribution in [2.24, 2.45) is 0 Å². The average Bonchev–Trinajstić information content (AvgIpc) is 2.50. The lowest BCUT2D eigenvalue weighted by atomic mass is 10.0. The molecular formula is C11H7F3O3S. The number of carbonyl (C=O) groups excluding carboxylic acids is 1. The summed E-state index contributed by atoms with van der Waals surface area (Å²) in [5.74, 6) is -0.503. The molecular weight excluding hydrogens is 269 g/mol.